The Kier molecular flexibility index (Phi) is 7.95. The van der Waals surface area contributed by atoms with Crippen LogP contribution in [0, 0.1) is 6.92 Å². The zero-order valence-electron chi connectivity index (χ0n) is 21.3. The molecule has 5 rings (SSSR count). The maximum atomic E-state index is 14.0. The molecule has 202 valence electrons. The van der Waals surface area contributed by atoms with E-state index < -0.39 is 11.8 Å². The molecule has 1 N–H and O–H groups in total. The second-order valence-corrected chi connectivity index (χ2v) is 10.9. The molecule has 10 heteroatoms. The van der Waals surface area contributed by atoms with Crippen molar-refractivity contribution in [2.24, 2.45) is 0 Å². The number of carbonyl (C=O) groups is 3. The monoisotopic (exact) mass is 559 g/mol. The van der Waals surface area contributed by atoms with Gasteiger partial charge >= 0.3 is 0 Å². The lowest BCUT2D eigenvalue weighted by Gasteiger charge is -2.44. The van der Waals surface area contributed by atoms with Crippen molar-refractivity contribution >= 4 is 40.9 Å². The van der Waals surface area contributed by atoms with Gasteiger partial charge in [-0.1, -0.05) is 41.4 Å². The number of nitrogens with zero attached hydrogens (tertiary/aromatic N) is 2. The van der Waals surface area contributed by atoms with Gasteiger partial charge in [0, 0.05) is 50.2 Å². The van der Waals surface area contributed by atoms with Gasteiger partial charge in [-0.15, -0.1) is 0 Å². The van der Waals surface area contributed by atoms with Crippen LogP contribution in [0.3, 0.4) is 0 Å². The molecule has 3 fully saturated rings. The Bertz CT molecular complexity index is 1220. The van der Waals surface area contributed by atoms with E-state index >= 15 is 0 Å². The number of hydrogen-bond acceptors (Lipinski definition) is 5. The predicted molar refractivity (Wildman–Crippen MR) is 143 cm³/mol. The predicted octanol–water partition coefficient (Wildman–Crippen LogP) is 4.07. The molecule has 2 atom stereocenters. The van der Waals surface area contributed by atoms with Crippen molar-refractivity contribution in [2.75, 3.05) is 32.8 Å². The highest BCUT2D eigenvalue weighted by atomic mass is 35.5. The fourth-order valence-corrected chi connectivity index (χ4v) is 5.82. The second kappa shape index (κ2) is 11.2. The number of carbonyl (C=O) groups excluding carboxylic acids is 3. The molecule has 3 amide bonds. The number of benzene rings is 2. The summed E-state index contributed by atoms with van der Waals surface area (Å²) in [5, 5.41) is 3.67. The molecule has 0 radical (unpaired) electrons. The normalized spacial score (nSPS) is 22.6. The molecule has 0 unspecified atom stereocenters. The van der Waals surface area contributed by atoms with Gasteiger partial charge in [0.05, 0.1) is 22.8 Å². The van der Waals surface area contributed by atoms with E-state index in [2.05, 4.69) is 5.32 Å². The van der Waals surface area contributed by atoms with Gasteiger partial charge in [-0.05, 0) is 49.6 Å². The van der Waals surface area contributed by atoms with E-state index in [0.29, 0.717) is 60.3 Å². The van der Waals surface area contributed by atoms with E-state index in [1.54, 1.807) is 34.1 Å². The van der Waals surface area contributed by atoms with Gasteiger partial charge in [0.2, 0.25) is 5.91 Å². The topological polar surface area (TPSA) is 88.2 Å². The molecule has 3 heterocycles. The molecule has 0 aromatic heterocycles. The average Bonchev–Trinajstić information content (AvgIpc) is 3.57. The van der Waals surface area contributed by atoms with Crippen molar-refractivity contribution in [1.82, 2.24) is 15.1 Å². The van der Waals surface area contributed by atoms with E-state index in [0.717, 1.165) is 18.4 Å². The average molecular weight is 560 g/mol. The van der Waals surface area contributed by atoms with Crippen molar-refractivity contribution in [1.29, 1.82) is 0 Å². The van der Waals surface area contributed by atoms with Gasteiger partial charge in [0.1, 0.15) is 11.8 Å². The fraction of sp³-hybridized carbons (Fsp3) is 0.464. The Morgan fingerprint density at radius 2 is 1.82 bits per heavy atom. The first-order valence-corrected chi connectivity index (χ1v) is 13.7. The van der Waals surface area contributed by atoms with E-state index in [-0.39, 0.29) is 30.4 Å². The highest BCUT2D eigenvalue weighted by Crippen LogP contribution is 2.39. The van der Waals surface area contributed by atoms with Gasteiger partial charge in [-0.3, -0.25) is 19.3 Å². The molecule has 2 aromatic carbocycles. The van der Waals surface area contributed by atoms with E-state index in [4.69, 9.17) is 32.7 Å². The summed E-state index contributed by atoms with van der Waals surface area (Å²) in [6.45, 7) is 3.80. The number of hydrogen-bond donors (Lipinski definition) is 1. The van der Waals surface area contributed by atoms with Crippen molar-refractivity contribution in [3.8, 4) is 0 Å². The van der Waals surface area contributed by atoms with Crippen LogP contribution in [-0.4, -0.2) is 78.2 Å². The first kappa shape index (κ1) is 26.9. The molecule has 2 aromatic rings. The molecule has 0 bridgehead atoms. The summed E-state index contributed by atoms with van der Waals surface area (Å²) in [5.41, 5.74) is 0.815. The summed E-state index contributed by atoms with van der Waals surface area (Å²) in [7, 11) is 0. The molecule has 3 aliphatic heterocycles. The molecule has 0 aliphatic carbocycles. The van der Waals surface area contributed by atoms with Crippen molar-refractivity contribution < 1.29 is 23.9 Å². The first-order valence-electron chi connectivity index (χ1n) is 13.0. The molecule has 38 heavy (non-hydrogen) atoms. The number of halogens is 2. The van der Waals surface area contributed by atoms with Crippen molar-refractivity contribution in [2.45, 2.75) is 50.5 Å². The number of nitrogens with one attached hydrogen (secondary N) is 1. The van der Waals surface area contributed by atoms with Crippen LogP contribution in [0.4, 0.5) is 0 Å². The van der Waals surface area contributed by atoms with Crippen molar-refractivity contribution in [3.05, 3.63) is 69.2 Å². The van der Waals surface area contributed by atoms with Gasteiger partial charge < -0.3 is 19.7 Å². The van der Waals surface area contributed by atoms with Gasteiger partial charge in [0.15, 0.2) is 0 Å². The second-order valence-electron chi connectivity index (χ2n) is 10.1. The van der Waals surface area contributed by atoms with Gasteiger partial charge in [-0.25, -0.2) is 0 Å². The van der Waals surface area contributed by atoms with Crippen LogP contribution in [0.1, 0.15) is 52.0 Å². The molecule has 3 saturated heterocycles. The lowest BCUT2D eigenvalue weighted by atomic mass is 9.95. The third kappa shape index (κ3) is 5.27. The Balaban J connectivity index is 1.35. The maximum Gasteiger partial charge on any atom is 0.257 e. The number of likely N-dealkylation sites (tertiary alicyclic amines) is 1. The summed E-state index contributed by atoms with van der Waals surface area (Å²) < 4.78 is 11.9. The van der Waals surface area contributed by atoms with Crippen molar-refractivity contribution in [3.63, 3.8) is 0 Å². The molecule has 8 nitrogen and oxygen atoms in total. The van der Waals surface area contributed by atoms with Crippen LogP contribution >= 0.6 is 23.2 Å². The smallest absolute Gasteiger partial charge is 0.257 e. The largest absolute Gasteiger partial charge is 0.376 e. The van der Waals surface area contributed by atoms with Crippen LogP contribution in [0.2, 0.25) is 10.0 Å². The number of piperidine rings is 1. The summed E-state index contributed by atoms with van der Waals surface area (Å²) in [6.07, 6.45) is 2.64. The number of amides is 3. The van der Waals surface area contributed by atoms with Crippen LogP contribution in [0.25, 0.3) is 0 Å². The highest BCUT2D eigenvalue weighted by molar-refractivity contribution is 6.42. The quantitative estimate of drug-likeness (QED) is 0.596. The third-order valence-electron chi connectivity index (χ3n) is 7.68. The number of aryl methyl sites for hydroxylation is 1. The number of ether oxygens (including phenoxy) is 2. The standard InChI is InChI=1S/C28H31Cl2N3O5/c1-18-5-2-3-7-21(18)27(36)33-24(25(34)31-16-20-6-4-14-37-20)17-38-28(33)10-12-32(13-11-28)26(35)19-8-9-22(29)23(30)15-19/h2-3,5,7-9,15,20,24H,4,6,10-14,16-17H2,1H3,(H,31,34)/t20-,24+/m1/s1. The minimum Gasteiger partial charge on any atom is -0.376 e. The summed E-state index contributed by atoms with van der Waals surface area (Å²) in [5.74, 6) is -0.671. The van der Waals surface area contributed by atoms with Crippen LogP contribution in [0.5, 0.6) is 0 Å². The Morgan fingerprint density at radius 1 is 1.05 bits per heavy atom. The molecule has 0 saturated carbocycles. The van der Waals surface area contributed by atoms with Crippen LogP contribution in [0.15, 0.2) is 42.5 Å². The molecule has 1 spiro atoms. The Labute approximate surface area is 232 Å². The van der Waals surface area contributed by atoms with E-state index in [1.165, 1.54) is 0 Å². The summed E-state index contributed by atoms with van der Waals surface area (Å²) in [4.78, 5) is 43.8. The van der Waals surface area contributed by atoms with Gasteiger partial charge in [0.25, 0.3) is 11.8 Å². The number of rotatable bonds is 5. The Hall–Kier alpha value is -2.65. The lowest BCUT2D eigenvalue weighted by molar-refractivity contribution is -0.128. The zero-order chi connectivity index (χ0) is 26.9. The Morgan fingerprint density at radius 3 is 2.50 bits per heavy atom. The molecule has 3 aliphatic rings. The third-order valence-corrected chi connectivity index (χ3v) is 8.42. The molecular weight excluding hydrogens is 529 g/mol. The SMILES string of the molecule is Cc1ccccc1C(=O)N1[C@H](C(=O)NC[C@H]2CCCO2)COC12CCN(C(=O)c1ccc(Cl)c(Cl)c1)CC2. The fourth-order valence-electron chi connectivity index (χ4n) is 5.52. The highest BCUT2D eigenvalue weighted by Gasteiger charge is 2.54. The maximum absolute atomic E-state index is 14.0. The van der Waals surface area contributed by atoms with E-state index in [1.807, 2.05) is 25.1 Å². The van der Waals surface area contributed by atoms with Crippen LogP contribution < -0.4 is 5.32 Å². The lowest BCUT2D eigenvalue weighted by Crippen LogP contribution is -2.60. The minimum absolute atomic E-state index is 0.00799. The zero-order valence-corrected chi connectivity index (χ0v) is 22.8. The van der Waals surface area contributed by atoms with Gasteiger partial charge in [-0.2, -0.15) is 0 Å². The molecular formula is C28H31Cl2N3O5. The summed E-state index contributed by atoms with van der Waals surface area (Å²) in [6, 6.07) is 11.4. The van der Waals surface area contributed by atoms with Crippen LogP contribution in [-0.2, 0) is 14.3 Å². The van der Waals surface area contributed by atoms with E-state index in [9.17, 15) is 14.4 Å². The first-order chi connectivity index (χ1) is 18.3. The minimum atomic E-state index is -0.986. The summed E-state index contributed by atoms with van der Waals surface area (Å²) >= 11 is 12.1.